The summed E-state index contributed by atoms with van der Waals surface area (Å²) in [7, 11) is 1.83. The van der Waals surface area contributed by atoms with Gasteiger partial charge in [0.2, 0.25) is 0 Å². The summed E-state index contributed by atoms with van der Waals surface area (Å²) in [6, 6.07) is 0. The number of nitrogen functional groups attached to an aromatic ring is 1. The molecule has 1 aliphatic heterocycles. The molecule has 0 aromatic carbocycles. The van der Waals surface area contributed by atoms with Crippen LogP contribution in [-0.2, 0) is 23.1 Å². The number of ether oxygens (including phenoxy) is 2. The van der Waals surface area contributed by atoms with Crippen molar-refractivity contribution in [1.82, 2.24) is 19.7 Å². The van der Waals surface area contributed by atoms with E-state index in [0.717, 1.165) is 30.7 Å². The monoisotopic (exact) mass is 263 g/mol. The first-order chi connectivity index (χ1) is 9.24. The Kier molecular flexibility index (Phi) is 3.31. The van der Waals surface area contributed by atoms with Crippen LogP contribution >= 0.6 is 0 Å². The third-order valence-corrected chi connectivity index (χ3v) is 3.28. The second-order valence-corrected chi connectivity index (χ2v) is 4.78. The van der Waals surface area contributed by atoms with E-state index < -0.39 is 0 Å². The average molecular weight is 263 g/mol. The predicted octanol–water partition coefficient (Wildman–Crippen LogP) is 0.499. The van der Waals surface area contributed by atoms with Crippen molar-refractivity contribution in [1.29, 1.82) is 0 Å². The zero-order valence-electron chi connectivity index (χ0n) is 10.9. The summed E-state index contributed by atoms with van der Waals surface area (Å²) in [5.74, 6) is 1.52. The topological polar surface area (TPSA) is 88.1 Å². The van der Waals surface area contributed by atoms with E-state index in [1.54, 1.807) is 10.9 Å². The van der Waals surface area contributed by atoms with E-state index >= 15 is 0 Å². The van der Waals surface area contributed by atoms with E-state index in [9.17, 15) is 0 Å². The highest BCUT2D eigenvalue weighted by atomic mass is 16.5. The normalized spacial score (nSPS) is 19.3. The lowest BCUT2D eigenvalue weighted by Crippen LogP contribution is -2.11. The Hall–Kier alpha value is -1.73. The first-order valence-electron chi connectivity index (χ1n) is 6.33. The lowest BCUT2D eigenvalue weighted by atomic mass is 10.1. The molecule has 3 rings (SSSR count). The minimum atomic E-state index is 0.363. The predicted molar refractivity (Wildman–Crippen MR) is 69.3 cm³/mol. The fourth-order valence-corrected chi connectivity index (χ4v) is 2.19. The molecule has 1 unspecified atom stereocenters. The summed E-state index contributed by atoms with van der Waals surface area (Å²) in [5.41, 5.74) is 6.62. The Balaban J connectivity index is 1.68. The van der Waals surface area contributed by atoms with E-state index in [1.807, 2.05) is 7.05 Å². The Bertz CT molecular complexity index is 577. The van der Waals surface area contributed by atoms with Gasteiger partial charge >= 0.3 is 0 Å². The van der Waals surface area contributed by atoms with Crippen molar-refractivity contribution < 1.29 is 9.47 Å². The average Bonchev–Trinajstić information content (AvgIpc) is 3.01. The Morgan fingerprint density at radius 2 is 2.42 bits per heavy atom. The van der Waals surface area contributed by atoms with Crippen LogP contribution in [0.15, 0.2) is 6.20 Å². The number of aromatic nitrogens is 4. The maximum Gasteiger partial charge on any atom is 0.163 e. The van der Waals surface area contributed by atoms with Gasteiger partial charge in [-0.05, 0) is 6.42 Å². The van der Waals surface area contributed by atoms with Gasteiger partial charge in [0.15, 0.2) is 11.5 Å². The zero-order valence-corrected chi connectivity index (χ0v) is 10.9. The van der Waals surface area contributed by atoms with Crippen LogP contribution in [0.4, 0.5) is 5.82 Å². The van der Waals surface area contributed by atoms with Crippen molar-refractivity contribution in [2.24, 2.45) is 13.0 Å². The van der Waals surface area contributed by atoms with Crippen LogP contribution in [0.5, 0.6) is 0 Å². The molecule has 1 aliphatic rings. The highest BCUT2D eigenvalue weighted by molar-refractivity contribution is 5.84. The van der Waals surface area contributed by atoms with E-state index in [1.165, 1.54) is 0 Å². The summed E-state index contributed by atoms with van der Waals surface area (Å²) in [6.45, 7) is 2.65. The van der Waals surface area contributed by atoms with Gasteiger partial charge in [-0.15, -0.1) is 0 Å². The first kappa shape index (κ1) is 12.3. The molecule has 2 N–H and O–H groups in total. The molecule has 0 amide bonds. The molecule has 2 aromatic rings. The van der Waals surface area contributed by atoms with Crippen molar-refractivity contribution >= 4 is 16.9 Å². The van der Waals surface area contributed by atoms with Crippen molar-refractivity contribution in [3.05, 3.63) is 12.0 Å². The number of nitrogens with zero attached hydrogens (tertiary/aromatic N) is 4. The third kappa shape index (κ3) is 2.52. The van der Waals surface area contributed by atoms with Crippen molar-refractivity contribution in [3.8, 4) is 0 Å². The van der Waals surface area contributed by atoms with Crippen LogP contribution in [0.1, 0.15) is 12.2 Å². The lowest BCUT2D eigenvalue weighted by Gasteiger charge is -2.08. The molecule has 0 aliphatic carbocycles. The molecule has 1 fully saturated rings. The number of aryl methyl sites for hydroxylation is 1. The van der Waals surface area contributed by atoms with E-state index in [0.29, 0.717) is 30.8 Å². The number of hydrogen-bond acceptors (Lipinski definition) is 6. The van der Waals surface area contributed by atoms with Crippen LogP contribution in [0, 0.1) is 5.92 Å². The molecule has 1 atom stereocenters. The van der Waals surface area contributed by atoms with Crippen LogP contribution < -0.4 is 5.73 Å². The fourth-order valence-electron chi connectivity index (χ4n) is 2.19. The summed E-state index contributed by atoms with van der Waals surface area (Å²) in [5, 5.41) is 4.89. The van der Waals surface area contributed by atoms with E-state index in [-0.39, 0.29) is 0 Å². The minimum Gasteiger partial charge on any atom is -0.383 e. The van der Waals surface area contributed by atoms with Crippen LogP contribution in [0.3, 0.4) is 0 Å². The van der Waals surface area contributed by atoms with Gasteiger partial charge < -0.3 is 15.2 Å². The number of nitrogens with two attached hydrogens (primary N) is 1. The Labute approximate surface area is 110 Å². The van der Waals surface area contributed by atoms with Gasteiger partial charge in [-0.25, -0.2) is 9.97 Å². The van der Waals surface area contributed by atoms with Crippen LogP contribution in [0.25, 0.3) is 11.0 Å². The highest BCUT2D eigenvalue weighted by Gasteiger charge is 2.16. The summed E-state index contributed by atoms with van der Waals surface area (Å²) >= 11 is 0. The van der Waals surface area contributed by atoms with Gasteiger partial charge in [0.25, 0.3) is 0 Å². The quantitative estimate of drug-likeness (QED) is 0.864. The molecule has 0 bridgehead atoms. The Morgan fingerprint density at radius 3 is 3.21 bits per heavy atom. The molecule has 3 heterocycles. The molecule has 0 saturated carbocycles. The smallest absolute Gasteiger partial charge is 0.163 e. The van der Waals surface area contributed by atoms with E-state index in [2.05, 4.69) is 15.1 Å². The molecule has 102 valence electrons. The summed E-state index contributed by atoms with van der Waals surface area (Å²) in [6.07, 6.45) is 2.73. The van der Waals surface area contributed by atoms with Gasteiger partial charge in [0.1, 0.15) is 12.4 Å². The van der Waals surface area contributed by atoms with Gasteiger partial charge in [0.05, 0.1) is 24.8 Å². The zero-order chi connectivity index (χ0) is 13.2. The number of fused-ring (bicyclic) bond motifs is 1. The number of hydrogen-bond donors (Lipinski definition) is 1. The van der Waals surface area contributed by atoms with Gasteiger partial charge in [-0.1, -0.05) is 0 Å². The number of anilines is 1. The fraction of sp³-hybridized carbons (Fsp3) is 0.583. The molecule has 0 spiro atoms. The second kappa shape index (κ2) is 5.10. The number of rotatable bonds is 4. The SMILES string of the molecule is Cn1ncc2c(N)nc(COCC3CCOC3)nc21. The molecule has 7 heteroatoms. The van der Waals surface area contributed by atoms with Crippen LogP contribution in [0.2, 0.25) is 0 Å². The van der Waals surface area contributed by atoms with Crippen molar-refractivity contribution in [2.75, 3.05) is 25.6 Å². The second-order valence-electron chi connectivity index (χ2n) is 4.78. The first-order valence-corrected chi connectivity index (χ1v) is 6.33. The summed E-state index contributed by atoms with van der Waals surface area (Å²) in [4.78, 5) is 8.65. The maximum atomic E-state index is 5.88. The third-order valence-electron chi connectivity index (χ3n) is 3.28. The van der Waals surface area contributed by atoms with E-state index in [4.69, 9.17) is 15.2 Å². The van der Waals surface area contributed by atoms with Gasteiger partial charge in [0, 0.05) is 19.6 Å². The Morgan fingerprint density at radius 1 is 1.53 bits per heavy atom. The molecular weight excluding hydrogens is 246 g/mol. The standard InChI is InChI=1S/C12H17N5O2/c1-17-12-9(4-14-17)11(13)15-10(16-12)7-19-6-8-2-3-18-5-8/h4,8H,2-3,5-7H2,1H3,(H2,13,15,16). The lowest BCUT2D eigenvalue weighted by molar-refractivity contribution is 0.0755. The van der Waals surface area contributed by atoms with Crippen molar-refractivity contribution in [2.45, 2.75) is 13.0 Å². The van der Waals surface area contributed by atoms with Crippen LogP contribution in [-0.4, -0.2) is 39.6 Å². The van der Waals surface area contributed by atoms with Gasteiger partial charge in [-0.2, -0.15) is 5.10 Å². The minimum absolute atomic E-state index is 0.363. The largest absolute Gasteiger partial charge is 0.383 e. The summed E-state index contributed by atoms with van der Waals surface area (Å²) < 4.78 is 12.6. The molecule has 1 saturated heterocycles. The molecule has 7 nitrogen and oxygen atoms in total. The van der Waals surface area contributed by atoms with Gasteiger partial charge in [-0.3, -0.25) is 4.68 Å². The molecule has 19 heavy (non-hydrogen) atoms. The molecule has 0 radical (unpaired) electrons. The van der Waals surface area contributed by atoms with Crippen molar-refractivity contribution in [3.63, 3.8) is 0 Å². The molecular formula is C12H17N5O2. The molecule has 2 aromatic heterocycles. The highest BCUT2D eigenvalue weighted by Crippen LogP contribution is 2.17. The maximum absolute atomic E-state index is 5.88.